The maximum absolute atomic E-state index is 13.7. The van der Waals surface area contributed by atoms with Gasteiger partial charge in [-0.15, -0.1) is 0 Å². The van der Waals surface area contributed by atoms with Crippen LogP contribution in [-0.4, -0.2) is 33.1 Å². The second-order valence-electron chi connectivity index (χ2n) is 9.96. The number of hydrogen-bond acceptors (Lipinski definition) is 5. The van der Waals surface area contributed by atoms with Crippen molar-refractivity contribution in [3.63, 3.8) is 0 Å². The number of aromatic nitrogens is 2. The number of nitrogens with two attached hydrogens (primary N) is 1. The van der Waals surface area contributed by atoms with E-state index in [2.05, 4.69) is 9.97 Å². The third kappa shape index (κ3) is 6.54. The molecular formula is C27H23F9N4O2S. The fourth-order valence-corrected chi connectivity index (χ4v) is 5.48. The first-order valence-electron chi connectivity index (χ1n) is 12.5. The van der Waals surface area contributed by atoms with Crippen LogP contribution in [0.1, 0.15) is 64.8 Å². The summed E-state index contributed by atoms with van der Waals surface area (Å²) < 4.78 is 122. The normalized spacial score (nSPS) is 19.3. The molecule has 2 aromatic carbocycles. The van der Waals surface area contributed by atoms with Crippen LogP contribution in [-0.2, 0) is 24.9 Å². The molecule has 1 aliphatic heterocycles. The predicted molar refractivity (Wildman–Crippen MR) is 139 cm³/mol. The molecular weight excluding hydrogens is 615 g/mol. The first-order valence-corrected chi connectivity index (χ1v) is 13.7. The molecule has 3 aromatic rings. The Hall–Kier alpha value is -3.53. The Morgan fingerprint density at radius 1 is 1.00 bits per heavy atom. The third-order valence-corrected chi connectivity index (χ3v) is 7.77. The highest BCUT2D eigenvalue weighted by atomic mass is 32.2. The number of thioether (sulfide) groups is 1. The smallest absolute Gasteiger partial charge is 0.416 e. The Kier molecular flexibility index (Phi) is 8.43. The molecule has 1 aliphatic rings. The van der Waals surface area contributed by atoms with Gasteiger partial charge in [0.25, 0.3) is 0 Å². The summed E-state index contributed by atoms with van der Waals surface area (Å²) in [4.78, 5) is 21.5. The van der Waals surface area contributed by atoms with Crippen molar-refractivity contribution < 1.29 is 49.4 Å². The predicted octanol–water partition coefficient (Wildman–Crippen LogP) is 7.93. The summed E-state index contributed by atoms with van der Waals surface area (Å²) in [5, 5.41) is 10.1. The van der Waals surface area contributed by atoms with Crippen LogP contribution in [0.5, 0.6) is 0 Å². The van der Waals surface area contributed by atoms with Crippen LogP contribution < -0.4 is 10.6 Å². The summed E-state index contributed by atoms with van der Waals surface area (Å²) in [6.45, 7) is 1.57. The molecule has 0 fully saturated rings. The van der Waals surface area contributed by atoms with Crippen molar-refractivity contribution in [1.82, 2.24) is 9.97 Å². The van der Waals surface area contributed by atoms with E-state index in [9.17, 15) is 49.4 Å². The van der Waals surface area contributed by atoms with Crippen molar-refractivity contribution in [2.45, 2.75) is 61.5 Å². The number of rotatable bonds is 5. The first kappa shape index (κ1) is 32.4. The van der Waals surface area contributed by atoms with Crippen LogP contribution in [0.3, 0.4) is 0 Å². The summed E-state index contributed by atoms with van der Waals surface area (Å²) in [5.74, 6) is -1.13. The van der Waals surface area contributed by atoms with Crippen molar-refractivity contribution in [2.24, 2.45) is 5.73 Å². The average Bonchev–Trinajstić information content (AvgIpc) is 2.90. The highest BCUT2D eigenvalue weighted by Gasteiger charge is 2.47. The van der Waals surface area contributed by atoms with E-state index in [-0.39, 0.29) is 46.6 Å². The van der Waals surface area contributed by atoms with E-state index in [1.807, 2.05) is 0 Å². The van der Waals surface area contributed by atoms with Crippen molar-refractivity contribution in [1.29, 1.82) is 0 Å². The second-order valence-corrected chi connectivity index (χ2v) is 10.7. The number of carboxylic acid groups (broad SMARTS) is 1. The molecule has 0 saturated heterocycles. The van der Waals surface area contributed by atoms with Crippen LogP contribution in [0.2, 0.25) is 0 Å². The Labute approximate surface area is 243 Å². The molecule has 3 N–H and O–H groups in total. The van der Waals surface area contributed by atoms with Crippen molar-refractivity contribution in [3.8, 4) is 0 Å². The van der Waals surface area contributed by atoms with Gasteiger partial charge in [-0.1, -0.05) is 18.7 Å². The maximum atomic E-state index is 13.7. The number of nitrogens with zero attached hydrogens (tertiary/aromatic N) is 3. The van der Waals surface area contributed by atoms with Gasteiger partial charge in [0.15, 0.2) is 5.16 Å². The van der Waals surface area contributed by atoms with Crippen molar-refractivity contribution >= 4 is 23.5 Å². The summed E-state index contributed by atoms with van der Waals surface area (Å²) in [6, 6.07) is 3.49. The molecule has 0 spiro atoms. The van der Waals surface area contributed by atoms with Gasteiger partial charge in [0, 0.05) is 18.5 Å². The summed E-state index contributed by atoms with van der Waals surface area (Å²) >= 11 is 1.04. The monoisotopic (exact) mass is 638 g/mol. The van der Waals surface area contributed by atoms with Gasteiger partial charge in [0.2, 0.25) is 0 Å². The van der Waals surface area contributed by atoms with Gasteiger partial charge < -0.3 is 10.8 Å². The average molecular weight is 639 g/mol. The summed E-state index contributed by atoms with van der Waals surface area (Å²) in [6.07, 6.45) is -14.6. The first-order chi connectivity index (χ1) is 19.8. The lowest BCUT2D eigenvalue weighted by Gasteiger charge is -2.46. The highest BCUT2D eigenvalue weighted by molar-refractivity contribution is 7.98. The molecule has 6 nitrogen and oxygen atoms in total. The molecule has 0 unspecified atom stereocenters. The van der Waals surface area contributed by atoms with E-state index < -0.39 is 64.9 Å². The third-order valence-electron chi connectivity index (χ3n) is 7.21. The van der Waals surface area contributed by atoms with Crippen LogP contribution in [0.4, 0.5) is 50.0 Å². The number of amides is 1. The number of alkyl halides is 9. The zero-order valence-corrected chi connectivity index (χ0v) is 23.1. The zero-order chi connectivity index (χ0) is 32.1. The Morgan fingerprint density at radius 3 is 2.07 bits per heavy atom. The van der Waals surface area contributed by atoms with E-state index >= 15 is 0 Å². The number of halogens is 9. The van der Waals surface area contributed by atoms with E-state index in [4.69, 9.17) is 5.73 Å². The van der Waals surface area contributed by atoms with Gasteiger partial charge in [-0.25, -0.2) is 14.8 Å². The topological polar surface area (TPSA) is 92.3 Å². The molecule has 0 saturated carbocycles. The summed E-state index contributed by atoms with van der Waals surface area (Å²) in [5.41, 5.74) is 0.0215. The van der Waals surface area contributed by atoms with Gasteiger partial charge in [0.1, 0.15) is 5.66 Å². The summed E-state index contributed by atoms with van der Waals surface area (Å²) in [7, 11) is 0. The van der Waals surface area contributed by atoms with E-state index in [0.717, 1.165) is 28.8 Å². The zero-order valence-electron chi connectivity index (χ0n) is 22.3. The van der Waals surface area contributed by atoms with Crippen molar-refractivity contribution in [3.05, 3.63) is 81.7 Å². The molecule has 4 rings (SSSR count). The number of anilines is 1. The van der Waals surface area contributed by atoms with Gasteiger partial charge in [-0.05, 0) is 72.2 Å². The van der Waals surface area contributed by atoms with Gasteiger partial charge in [-0.3, -0.25) is 4.90 Å². The Balaban J connectivity index is 1.96. The highest BCUT2D eigenvalue weighted by Crippen LogP contribution is 2.48. The lowest BCUT2D eigenvalue weighted by molar-refractivity contribution is -0.143. The fraction of sp³-hybridized carbons (Fsp3) is 0.370. The number of hydrogen-bond donors (Lipinski definition) is 2. The van der Waals surface area contributed by atoms with Crippen LogP contribution in [0.15, 0.2) is 47.8 Å². The van der Waals surface area contributed by atoms with Crippen LogP contribution in [0, 0.1) is 0 Å². The molecule has 0 radical (unpaired) electrons. The molecule has 0 aliphatic carbocycles. The van der Waals surface area contributed by atoms with E-state index in [1.165, 1.54) is 6.20 Å². The quantitative estimate of drug-likeness (QED) is 0.168. The fourth-order valence-electron chi connectivity index (χ4n) is 5.13. The number of carbonyl (C=O) groups is 1. The van der Waals surface area contributed by atoms with Gasteiger partial charge in [0.05, 0.1) is 28.1 Å². The standard InChI is InChI=1S/C27H23F9N4O2S/c1-3-24(37)11-19(18-10-15(25(28,29)30)4-5-20(18)40(24)23(41)42)21-14(12-38-22(39-21)43-2)6-13-7-16(26(31,32)33)9-17(8-13)27(34,35)36/h4-5,7-10,12,19H,3,6,11,37H2,1-2H3,(H,41,42)/t19-,24+/m0/s1. The molecule has 1 amide bonds. The minimum atomic E-state index is -5.10. The molecule has 16 heteroatoms. The van der Waals surface area contributed by atoms with Crippen LogP contribution >= 0.6 is 11.8 Å². The largest absolute Gasteiger partial charge is 0.465 e. The molecule has 43 heavy (non-hydrogen) atoms. The second kappa shape index (κ2) is 11.2. The lowest BCUT2D eigenvalue weighted by atomic mass is 9.77. The van der Waals surface area contributed by atoms with Crippen molar-refractivity contribution in [2.75, 3.05) is 11.2 Å². The lowest BCUT2D eigenvalue weighted by Crippen LogP contribution is -2.61. The number of benzene rings is 2. The Morgan fingerprint density at radius 2 is 1.58 bits per heavy atom. The molecule has 0 bridgehead atoms. The van der Waals surface area contributed by atoms with Crippen LogP contribution in [0.25, 0.3) is 0 Å². The van der Waals surface area contributed by atoms with Gasteiger partial charge in [-0.2, -0.15) is 39.5 Å². The van der Waals surface area contributed by atoms with Gasteiger partial charge >= 0.3 is 24.6 Å². The molecule has 2 heterocycles. The van der Waals surface area contributed by atoms with E-state index in [0.29, 0.717) is 18.2 Å². The Bertz CT molecular complexity index is 1510. The molecule has 1 aromatic heterocycles. The minimum Gasteiger partial charge on any atom is -0.465 e. The molecule has 2 atom stereocenters. The molecule has 232 valence electrons. The van der Waals surface area contributed by atoms with E-state index in [1.54, 1.807) is 13.2 Å². The maximum Gasteiger partial charge on any atom is 0.416 e. The minimum absolute atomic E-state index is 0.000733. The SMILES string of the molecule is CC[C@]1(N)C[C@H](c2nc(SC)ncc2Cc2cc(C(F)(F)F)cc(C(F)(F)F)c2)c2cc(C(F)(F)F)ccc2N1C(=O)O. The number of fused-ring (bicyclic) bond motifs is 1.